The fourth-order valence-electron chi connectivity index (χ4n) is 2.06. The van der Waals surface area contributed by atoms with Crippen LogP contribution in [0.1, 0.15) is 10.4 Å². The molecule has 2 rings (SSSR count). The largest absolute Gasteiger partial charge is 0.410 e. The van der Waals surface area contributed by atoms with Crippen LogP contribution in [0.25, 0.3) is 0 Å². The molecule has 144 valence electrons. The van der Waals surface area contributed by atoms with Gasteiger partial charge in [0.2, 0.25) is 0 Å². The number of benzene rings is 2. The summed E-state index contributed by atoms with van der Waals surface area (Å²) in [6.07, 6.45) is 0. The number of nitrogens with zero attached hydrogens (tertiary/aromatic N) is 3. The van der Waals surface area contributed by atoms with Gasteiger partial charge in [-0.25, -0.2) is 4.79 Å². The standard InChI is InChI=1S/C15H10N4O9/c20-13(8-16-15(21)9-4-2-1-3-5-9)28-14-11(18(24)25)6-10(17(22)23)7-12(14)19(26)27/h1-7H,8H2,(H,16,21). The number of non-ortho nitro benzene ring substituents is 1. The number of nitrogens with one attached hydrogen (secondary N) is 1. The molecule has 0 unspecified atom stereocenters. The normalized spacial score (nSPS) is 10.0. The lowest BCUT2D eigenvalue weighted by Gasteiger charge is -2.07. The van der Waals surface area contributed by atoms with Crippen LogP contribution in [-0.4, -0.2) is 33.2 Å². The molecule has 0 aliphatic heterocycles. The van der Waals surface area contributed by atoms with Crippen LogP contribution in [0, 0.1) is 30.3 Å². The zero-order valence-corrected chi connectivity index (χ0v) is 13.8. The molecule has 2 aromatic rings. The van der Waals surface area contributed by atoms with Gasteiger partial charge in [0.25, 0.3) is 17.3 Å². The maximum Gasteiger partial charge on any atom is 0.331 e. The van der Waals surface area contributed by atoms with Crippen molar-refractivity contribution in [1.29, 1.82) is 0 Å². The summed E-state index contributed by atoms with van der Waals surface area (Å²) < 4.78 is 4.66. The molecule has 0 spiro atoms. The van der Waals surface area contributed by atoms with Gasteiger partial charge < -0.3 is 10.1 Å². The molecule has 13 heteroatoms. The average Bonchev–Trinajstić information content (AvgIpc) is 2.66. The molecule has 0 bridgehead atoms. The van der Waals surface area contributed by atoms with E-state index >= 15 is 0 Å². The molecule has 0 saturated heterocycles. The van der Waals surface area contributed by atoms with Crippen LogP contribution in [0.3, 0.4) is 0 Å². The van der Waals surface area contributed by atoms with Gasteiger partial charge in [-0.1, -0.05) is 18.2 Å². The number of esters is 1. The van der Waals surface area contributed by atoms with Crippen molar-refractivity contribution in [3.63, 3.8) is 0 Å². The number of hydrogen-bond acceptors (Lipinski definition) is 9. The van der Waals surface area contributed by atoms with Gasteiger partial charge in [-0.3, -0.25) is 35.1 Å². The Morgan fingerprint density at radius 1 is 0.893 bits per heavy atom. The number of ether oxygens (including phenoxy) is 1. The molecule has 0 fully saturated rings. The predicted octanol–water partition coefficient (Wildman–Crippen LogP) is 1.75. The first kappa shape index (κ1) is 19.9. The van der Waals surface area contributed by atoms with Crippen molar-refractivity contribution in [2.75, 3.05) is 6.54 Å². The lowest BCUT2D eigenvalue weighted by molar-refractivity contribution is -0.404. The third kappa shape index (κ3) is 4.60. The van der Waals surface area contributed by atoms with Gasteiger partial charge in [0.15, 0.2) is 0 Å². The molecule has 0 aliphatic rings. The van der Waals surface area contributed by atoms with Crippen molar-refractivity contribution in [1.82, 2.24) is 5.32 Å². The van der Waals surface area contributed by atoms with E-state index in [2.05, 4.69) is 10.1 Å². The van der Waals surface area contributed by atoms with E-state index in [1.807, 2.05) is 0 Å². The number of amides is 1. The Hall–Kier alpha value is -4.42. The molecule has 0 aromatic heterocycles. The zero-order valence-electron chi connectivity index (χ0n) is 13.8. The summed E-state index contributed by atoms with van der Waals surface area (Å²) >= 11 is 0. The zero-order chi connectivity index (χ0) is 20.8. The highest BCUT2D eigenvalue weighted by Gasteiger charge is 2.33. The minimum atomic E-state index is -1.25. The first-order valence-corrected chi connectivity index (χ1v) is 7.36. The number of carbonyl (C=O) groups is 2. The number of nitro benzene ring substituents is 3. The summed E-state index contributed by atoms with van der Waals surface area (Å²) in [7, 11) is 0. The second-order valence-corrected chi connectivity index (χ2v) is 5.11. The van der Waals surface area contributed by atoms with E-state index in [9.17, 15) is 39.9 Å². The lowest BCUT2D eigenvalue weighted by atomic mass is 10.2. The minimum Gasteiger partial charge on any atom is -0.410 e. The summed E-state index contributed by atoms with van der Waals surface area (Å²) in [5, 5.41) is 35.2. The summed E-state index contributed by atoms with van der Waals surface area (Å²) in [5.41, 5.74) is -2.97. The van der Waals surface area contributed by atoms with E-state index < -0.39 is 56.0 Å². The highest BCUT2D eigenvalue weighted by Crippen LogP contribution is 2.40. The molecule has 0 heterocycles. The van der Waals surface area contributed by atoms with Crippen LogP contribution in [0.15, 0.2) is 42.5 Å². The van der Waals surface area contributed by atoms with Gasteiger partial charge in [0.1, 0.15) is 6.54 Å². The van der Waals surface area contributed by atoms with Crippen LogP contribution in [0.2, 0.25) is 0 Å². The van der Waals surface area contributed by atoms with Crippen LogP contribution >= 0.6 is 0 Å². The van der Waals surface area contributed by atoms with Gasteiger partial charge in [-0.15, -0.1) is 0 Å². The Balaban J connectivity index is 2.25. The monoisotopic (exact) mass is 390 g/mol. The number of rotatable bonds is 7. The van der Waals surface area contributed by atoms with E-state index in [0.717, 1.165) is 0 Å². The number of hydrogen-bond donors (Lipinski definition) is 1. The molecular formula is C15H10N4O9. The predicted molar refractivity (Wildman–Crippen MR) is 90.8 cm³/mol. The van der Waals surface area contributed by atoms with Crippen molar-refractivity contribution in [2.45, 2.75) is 0 Å². The third-order valence-electron chi connectivity index (χ3n) is 3.28. The lowest BCUT2D eigenvalue weighted by Crippen LogP contribution is -2.32. The average molecular weight is 390 g/mol. The molecule has 28 heavy (non-hydrogen) atoms. The smallest absolute Gasteiger partial charge is 0.331 e. The Morgan fingerprint density at radius 3 is 1.89 bits per heavy atom. The maximum atomic E-state index is 11.9. The Labute approximate surface area is 155 Å². The van der Waals surface area contributed by atoms with E-state index in [0.29, 0.717) is 12.1 Å². The molecular weight excluding hydrogens is 380 g/mol. The van der Waals surface area contributed by atoms with E-state index in [1.54, 1.807) is 18.2 Å². The molecule has 1 amide bonds. The first-order valence-electron chi connectivity index (χ1n) is 7.36. The van der Waals surface area contributed by atoms with Gasteiger partial charge in [-0.2, -0.15) is 0 Å². The Kier molecular flexibility index (Phi) is 5.90. The van der Waals surface area contributed by atoms with Gasteiger partial charge in [0.05, 0.1) is 26.9 Å². The molecule has 2 aromatic carbocycles. The highest BCUT2D eigenvalue weighted by molar-refractivity contribution is 5.96. The minimum absolute atomic E-state index is 0.225. The highest BCUT2D eigenvalue weighted by atomic mass is 16.6. The van der Waals surface area contributed by atoms with Crippen LogP contribution in [-0.2, 0) is 4.79 Å². The summed E-state index contributed by atoms with van der Waals surface area (Å²) in [6, 6.07) is 8.61. The van der Waals surface area contributed by atoms with Crippen molar-refractivity contribution in [3.8, 4) is 5.75 Å². The second-order valence-electron chi connectivity index (χ2n) is 5.11. The third-order valence-corrected chi connectivity index (χ3v) is 3.28. The fourth-order valence-corrected chi connectivity index (χ4v) is 2.06. The molecule has 13 nitrogen and oxygen atoms in total. The molecule has 0 saturated carbocycles. The van der Waals surface area contributed by atoms with Gasteiger partial charge >= 0.3 is 17.3 Å². The van der Waals surface area contributed by atoms with Crippen molar-refractivity contribution in [2.24, 2.45) is 0 Å². The van der Waals surface area contributed by atoms with Crippen molar-refractivity contribution < 1.29 is 29.1 Å². The topological polar surface area (TPSA) is 185 Å². The Morgan fingerprint density at radius 2 is 1.43 bits per heavy atom. The molecule has 0 atom stereocenters. The maximum absolute atomic E-state index is 11.9. The number of nitro groups is 3. The molecule has 1 N–H and O–H groups in total. The van der Waals surface area contributed by atoms with E-state index in [1.165, 1.54) is 12.1 Å². The van der Waals surface area contributed by atoms with Gasteiger partial charge in [0, 0.05) is 5.56 Å². The fraction of sp³-hybridized carbons (Fsp3) is 0.0667. The van der Waals surface area contributed by atoms with Crippen LogP contribution in [0.5, 0.6) is 5.75 Å². The first-order chi connectivity index (χ1) is 13.2. The van der Waals surface area contributed by atoms with Gasteiger partial charge in [-0.05, 0) is 12.1 Å². The molecule has 0 aliphatic carbocycles. The van der Waals surface area contributed by atoms with E-state index in [-0.39, 0.29) is 5.56 Å². The quantitative estimate of drug-likeness (QED) is 0.318. The Bertz CT molecular complexity index is 940. The van der Waals surface area contributed by atoms with Crippen molar-refractivity contribution >= 4 is 28.9 Å². The number of carbonyl (C=O) groups excluding carboxylic acids is 2. The van der Waals surface area contributed by atoms with Crippen LogP contribution < -0.4 is 10.1 Å². The van der Waals surface area contributed by atoms with E-state index in [4.69, 9.17) is 0 Å². The van der Waals surface area contributed by atoms with Crippen LogP contribution in [0.4, 0.5) is 17.1 Å². The summed E-state index contributed by atoms with van der Waals surface area (Å²) in [6.45, 7) is -0.751. The SMILES string of the molecule is O=C(CNC(=O)c1ccccc1)Oc1c([N+](=O)[O-])cc([N+](=O)[O-])cc1[N+](=O)[O-]. The second kappa shape index (κ2) is 8.31. The van der Waals surface area contributed by atoms with Crippen molar-refractivity contribution in [3.05, 3.63) is 78.4 Å². The summed E-state index contributed by atoms with van der Waals surface area (Å²) in [5.74, 6) is -2.96. The molecule has 0 radical (unpaired) electrons. The summed E-state index contributed by atoms with van der Waals surface area (Å²) in [4.78, 5) is 53.4.